The molecule has 0 saturated heterocycles. The van der Waals surface area contributed by atoms with E-state index in [1.165, 1.54) is 19.2 Å². The molecule has 0 aliphatic carbocycles. The van der Waals surface area contributed by atoms with Crippen LogP contribution >= 0.6 is 11.6 Å². The maximum atomic E-state index is 12.2. The summed E-state index contributed by atoms with van der Waals surface area (Å²) in [5.41, 5.74) is 1.22. The lowest BCUT2D eigenvalue weighted by atomic mass is 10.2. The van der Waals surface area contributed by atoms with E-state index in [0.717, 1.165) is 16.1 Å². The summed E-state index contributed by atoms with van der Waals surface area (Å²) in [5.74, 6) is 0.00798. The predicted molar refractivity (Wildman–Crippen MR) is 98.5 cm³/mol. The number of rotatable bonds is 7. The third-order valence-corrected chi connectivity index (χ3v) is 4.88. The Morgan fingerprint density at radius 2 is 1.88 bits per heavy atom. The molecule has 0 spiro atoms. The van der Waals surface area contributed by atoms with Gasteiger partial charge < -0.3 is 10.1 Å². The lowest BCUT2D eigenvalue weighted by Crippen LogP contribution is -2.40. The third kappa shape index (κ3) is 5.37. The molecule has 8 heteroatoms. The summed E-state index contributed by atoms with van der Waals surface area (Å²) >= 11 is 6.05. The number of carbonyl (C=O) groups is 1. The first kappa shape index (κ1) is 19.1. The topological polar surface area (TPSA) is 75.7 Å². The molecule has 1 amide bonds. The third-order valence-electron chi connectivity index (χ3n) is 3.44. The quantitative estimate of drug-likeness (QED) is 0.798. The van der Waals surface area contributed by atoms with Gasteiger partial charge in [0.1, 0.15) is 12.3 Å². The van der Waals surface area contributed by atoms with Crippen molar-refractivity contribution in [2.45, 2.75) is 6.54 Å². The van der Waals surface area contributed by atoms with Crippen LogP contribution in [0.4, 0.5) is 5.69 Å². The second-order valence-corrected chi connectivity index (χ2v) is 7.66. The summed E-state index contributed by atoms with van der Waals surface area (Å²) in [4.78, 5) is 12.2. The van der Waals surface area contributed by atoms with Crippen LogP contribution in [-0.2, 0) is 21.4 Å². The van der Waals surface area contributed by atoms with Crippen LogP contribution in [0, 0.1) is 0 Å². The number of hydrogen-bond donors (Lipinski definition) is 1. The first-order chi connectivity index (χ1) is 11.8. The van der Waals surface area contributed by atoms with Crippen molar-refractivity contribution < 1.29 is 17.9 Å². The largest absolute Gasteiger partial charge is 0.495 e. The van der Waals surface area contributed by atoms with Crippen LogP contribution in [0.3, 0.4) is 0 Å². The van der Waals surface area contributed by atoms with Gasteiger partial charge in [0.05, 0.1) is 24.1 Å². The summed E-state index contributed by atoms with van der Waals surface area (Å²) in [6.07, 6.45) is 1.04. The Hall–Kier alpha value is -2.25. The normalized spacial score (nSPS) is 11.0. The Morgan fingerprint density at radius 3 is 2.44 bits per heavy atom. The first-order valence-electron chi connectivity index (χ1n) is 7.43. The zero-order valence-corrected chi connectivity index (χ0v) is 15.5. The highest BCUT2D eigenvalue weighted by Crippen LogP contribution is 2.30. The molecule has 2 aromatic carbocycles. The first-order valence-corrected chi connectivity index (χ1v) is 9.66. The number of anilines is 1. The van der Waals surface area contributed by atoms with Crippen molar-refractivity contribution in [1.82, 2.24) is 5.32 Å². The molecule has 0 saturated carbocycles. The number of benzene rings is 2. The van der Waals surface area contributed by atoms with E-state index in [9.17, 15) is 13.2 Å². The van der Waals surface area contributed by atoms with Crippen molar-refractivity contribution in [3.63, 3.8) is 0 Å². The fraction of sp³-hybridized carbons (Fsp3) is 0.235. The number of sulfonamides is 1. The molecule has 2 aromatic rings. The van der Waals surface area contributed by atoms with Gasteiger partial charge in [-0.05, 0) is 23.8 Å². The second kappa shape index (κ2) is 8.22. The van der Waals surface area contributed by atoms with Gasteiger partial charge in [-0.3, -0.25) is 9.10 Å². The SMILES string of the molecule is COc1ccc(N(CC(=O)NCc2ccccc2)S(C)(=O)=O)cc1Cl. The molecule has 0 aromatic heterocycles. The molecule has 0 aliphatic rings. The van der Waals surface area contributed by atoms with Gasteiger partial charge in [0.25, 0.3) is 0 Å². The van der Waals surface area contributed by atoms with Gasteiger partial charge in [-0.2, -0.15) is 0 Å². The van der Waals surface area contributed by atoms with Gasteiger partial charge in [0, 0.05) is 6.54 Å². The highest BCUT2D eigenvalue weighted by Gasteiger charge is 2.21. The van der Waals surface area contributed by atoms with Crippen molar-refractivity contribution in [3.8, 4) is 5.75 Å². The minimum absolute atomic E-state index is 0.262. The maximum absolute atomic E-state index is 12.2. The van der Waals surface area contributed by atoms with E-state index < -0.39 is 15.9 Å². The van der Waals surface area contributed by atoms with Crippen LogP contribution in [0.5, 0.6) is 5.75 Å². The second-order valence-electron chi connectivity index (χ2n) is 5.35. The van der Waals surface area contributed by atoms with Crippen molar-refractivity contribution in [2.75, 3.05) is 24.2 Å². The monoisotopic (exact) mass is 382 g/mol. The molecular weight excluding hydrogens is 364 g/mol. The number of methoxy groups -OCH3 is 1. The zero-order chi connectivity index (χ0) is 18.4. The molecule has 6 nitrogen and oxygen atoms in total. The molecule has 134 valence electrons. The number of amides is 1. The fourth-order valence-electron chi connectivity index (χ4n) is 2.19. The van der Waals surface area contributed by atoms with Crippen molar-refractivity contribution in [3.05, 3.63) is 59.1 Å². The standard InChI is InChI=1S/C17H19ClN2O4S/c1-24-16-9-8-14(10-15(16)18)20(25(2,22)23)12-17(21)19-11-13-6-4-3-5-7-13/h3-10H,11-12H2,1-2H3,(H,19,21). The number of halogens is 1. The van der Waals surface area contributed by atoms with E-state index in [2.05, 4.69) is 5.32 Å². The lowest BCUT2D eigenvalue weighted by molar-refractivity contribution is -0.119. The van der Waals surface area contributed by atoms with Crippen LogP contribution in [0.1, 0.15) is 5.56 Å². The van der Waals surface area contributed by atoms with Crippen molar-refractivity contribution in [2.24, 2.45) is 0 Å². The molecule has 25 heavy (non-hydrogen) atoms. The van der Waals surface area contributed by atoms with Gasteiger partial charge in [0.15, 0.2) is 0 Å². The number of nitrogens with one attached hydrogen (secondary N) is 1. The molecule has 0 heterocycles. The van der Waals surface area contributed by atoms with E-state index in [0.29, 0.717) is 18.0 Å². The summed E-state index contributed by atoms with van der Waals surface area (Å²) < 4.78 is 30.2. The van der Waals surface area contributed by atoms with Gasteiger partial charge in [-0.1, -0.05) is 41.9 Å². The molecular formula is C17H19ClN2O4S. The zero-order valence-electron chi connectivity index (χ0n) is 13.9. The molecule has 0 radical (unpaired) electrons. The van der Waals surface area contributed by atoms with Gasteiger partial charge in [-0.25, -0.2) is 8.42 Å². The Labute approximate surface area is 152 Å². The molecule has 2 rings (SSSR count). The smallest absolute Gasteiger partial charge is 0.241 e. The highest BCUT2D eigenvalue weighted by molar-refractivity contribution is 7.92. The van der Waals surface area contributed by atoms with Gasteiger partial charge in [-0.15, -0.1) is 0 Å². The molecule has 0 aliphatic heterocycles. The molecule has 0 fully saturated rings. The number of carbonyl (C=O) groups excluding carboxylic acids is 1. The summed E-state index contributed by atoms with van der Waals surface area (Å²) in [7, 11) is -2.19. The number of hydrogen-bond acceptors (Lipinski definition) is 4. The van der Waals surface area contributed by atoms with E-state index in [-0.39, 0.29) is 11.6 Å². The van der Waals surface area contributed by atoms with Gasteiger partial charge in [0.2, 0.25) is 15.9 Å². The highest BCUT2D eigenvalue weighted by atomic mass is 35.5. The maximum Gasteiger partial charge on any atom is 0.241 e. The van der Waals surface area contributed by atoms with Crippen molar-refractivity contribution in [1.29, 1.82) is 0 Å². The fourth-order valence-corrected chi connectivity index (χ4v) is 3.29. The Bertz CT molecular complexity index is 841. The summed E-state index contributed by atoms with van der Waals surface area (Å²) in [6.45, 7) is -0.0189. The van der Waals surface area contributed by atoms with Crippen LogP contribution in [0.15, 0.2) is 48.5 Å². The number of ether oxygens (including phenoxy) is 1. The Balaban J connectivity index is 2.13. The van der Waals surface area contributed by atoms with E-state index in [1.807, 2.05) is 30.3 Å². The Morgan fingerprint density at radius 1 is 1.20 bits per heavy atom. The van der Waals surface area contributed by atoms with Crippen LogP contribution in [0.2, 0.25) is 5.02 Å². The van der Waals surface area contributed by atoms with E-state index in [4.69, 9.17) is 16.3 Å². The summed E-state index contributed by atoms with van der Waals surface area (Å²) in [6, 6.07) is 13.9. The van der Waals surface area contributed by atoms with Crippen LogP contribution in [-0.4, -0.2) is 34.2 Å². The molecule has 0 atom stereocenters. The molecule has 0 unspecified atom stereocenters. The number of nitrogens with zero attached hydrogens (tertiary/aromatic N) is 1. The van der Waals surface area contributed by atoms with E-state index >= 15 is 0 Å². The Kier molecular flexibility index (Phi) is 6.27. The average molecular weight is 383 g/mol. The lowest BCUT2D eigenvalue weighted by Gasteiger charge is -2.22. The summed E-state index contributed by atoms with van der Waals surface area (Å²) in [5, 5.41) is 2.97. The minimum Gasteiger partial charge on any atom is -0.495 e. The van der Waals surface area contributed by atoms with Crippen LogP contribution in [0.25, 0.3) is 0 Å². The molecule has 1 N–H and O–H groups in total. The molecule has 0 bridgehead atoms. The van der Waals surface area contributed by atoms with Gasteiger partial charge >= 0.3 is 0 Å². The predicted octanol–water partition coefficient (Wildman–Crippen LogP) is 2.43. The van der Waals surface area contributed by atoms with Crippen molar-refractivity contribution >= 4 is 33.2 Å². The van der Waals surface area contributed by atoms with Crippen LogP contribution < -0.4 is 14.4 Å². The van der Waals surface area contributed by atoms with E-state index in [1.54, 1.807) is 6.07 Å². The average Bonchev–Trinajstić information content (AvgIpc) is 2.57. The minimum atomic E-state index is -3.66.